The summed E-state index contributed by atoms with van der Waals surface area (Å²) in [5.41, 5.74) is -2.27. The van der Waals surface area contributed by atoms with Crippen LogP contribution in [-0.4, -0.2) is 83.9 Å². The van der Waals surface area contributed by atoms with Gasteiger partial charge in [-0.3, -0.25) is 14.4 Å². The molecule has 47 heavy (non-hydrogen) atoms. The normalized spacial score (nSPS) is 13.8. The van der Waals surface area contributed by atoms with E-state index in [0.717, 1.165) is 45.6 Å². The Bertz CT molecular complexity index is 1140. The van der Waals surface area contributed by atoms with E-state index >= 15 is 0 Å². The second-order valence-electron chi connectivity index (χ2n) is 11.8. The van der Waals surface area contributed by atoms with Crippen LogP contribution in [0.4, 0.5) is 0 Å². The van der Waals surface area contributed by atoms with Crippen LogP contribution in [-0.2, 0) is 39.9 Å². The summed E-state index contributed by atoms with van der Waals surface area (Å²) in [7, 11) is 2.56. The van der Waals surface area contributed by atoms with Crippen LogP contribution in [0, 0.1) is 5.92 Å². The topological polar surface area (TPSA) is 189 Å². The van der Waals surface area contributed by atoms with E-state index in [9.17, 15) is 39.3 Å². The van der Waals surface area contributed by atoms with Crippen LogP contribution in [0.15, 0.2) is 36.4 Å². The van der Waals surface area contributed by atoms with Crippen LogP contribution in [0.5, 0.6) is 5.75 Å². The summed E-state index contributed by atoms with van der Waals surface area (Å²) in [6, 6.07) is 4.68. The minimum atomic E-state index is -2.84. The Labute approximate surface area is 278 Å². The van der Waals surface area contributed by atoms with Gasteiger partial charge in [0, 0.05) is 32.9 Å². The first-order valence-electron chi connectivity index (χ1n) is 16.5. The van der Waals surface area contributed by atoms with E-state index in [0.29, 0.717) is 31.2 Å². The first-order valence-corrected chi connectivity index (χ1v) is 16.5. The second-order valence-corrected chi connectivity index (χ2v) is 11.8. The highest BCUT2D eigenvalue weighted by atomic mass is 16.5. The minimum Gasteiger partial charge on any atom is -0.508 e. The van der Waals surface area contributed by atoms with Crippen LogP contribution < -0.4 is 10.6 Å². The molecule has 0 unspecified atom stereocenters. The van der Waals surface area contributed by atoms with Crippen molar-refractivity contribution in [3.63, 3.8) is 0 Å². The summed E-state index contributed by atoms with van der Waals surface area (Å²) in [5, 5.41) is 35.9. The molecule has 12 heteroatoms. The van der Waals surface area contributed by atoms with Crippen molar-refractivity contribution in [1.29, 1.82) is 0 Å². The molecule has 0 spiro atoms. The average molecular weight is 663 g/mol. The number of benzene rings is 1. The molecule has 0 saturated carbocycles. The number of unbranched alkanes of at least 4 members (excludes halogenated alkanes) is 8. The molecular weight excluding hydrogens is 608 g/mol. The number of rotatable bonds is 26. The maximum absolute atomic E-state index is 13.6. The molecule has 0 radical (unpaired) electrons. The van der Waals surface area contributed by atoms with Gasteiger partial charge in [-0.25, -0.2) is 9.59 Å². The third-order valence-corrected chi connectivity index (χ3v) is 7.87. The SMILES string of the molecule is CCCCCCCC(=O)CCCCCC/C=C/[C@H](C(=O)N[C@@H](Cc1ccc(O)cc1)C(=O)OC)[C@@](O)(CC(=O)NCCOC)C(=O)O. The number of hydrogen-bond donors (Lipinski definition) is 5. The lowest BCUT2D eigenvalue weighted by atomic mass is 9.82. The van der Waals surface area contributed by atoms with Crippen molar-refractivity contribution in [1.82, 2.24) is 10.6 Å². The van der Waals surface area contributed by atoms with Gasteiger partial charge < -0.3 is 35.4 Å². The number of phenols is 1. The molecule has 12 nitrogen and oxygen atoms in total. The third-order valence-electron chi connectivity index (χ3n) is 7.87. The van der Waals surface area contributed by atoms with Gasteiger partial charge >= 0.3 is 11.9 Å². The van der Waals surface area contributed by atoms with Crippen LogP contribution in [0.25, 0.3) is 0 Å². The first-order chi connectivity index (χ1) is 22.5. The van der Waals surface area contributed by atoms with Crippen molar-refractivity contribution in [3.05, 3.63) is 42.0 Å². The molecule has 1 aromatic rings. The molecule has 0 heterocycles. The van der Waals surface area contributed by atoms with Crippen LogP contribution in [0.2, 0.25) is 0 Å². The molecule has 0 aliphatic heterocycles. The zero-order chi connectivity index (χ0) is 35.1. The number of methoxy groups -OCH3 is 2. The number of carboxylic acid groups (broad SMARTS) is 1. The Morgan fingerprint density at radius 1 is 0.915 bits per heavy atom. The Kier molecular flexibility index (Phi) is 20.7. The number of nitrogens with one attached hydrogen (secondary N) is 2. The minimum absolute atomic E-state index is 0.00885. The van der Waals surface area contributed by atoms with Gasteiger partial charge in [-0.2, -0.15) is 0 Å². The van der Waals surface area contributed by atoms with Crippen molar-refractivity contribution >= 4 is 29.5 Å². The number of allylic oxidation sites excluding steroid dienone is 1. The van der Waals surface area contributed by atoms with Crippen molar-refractivity contribution in [3.8, 4) is 5.75 Å². The molecule has 264 valence electrons. The molecular formula is C35H54N2O10. The molecule has 2 amide bonds. The van der Waals surface area contributed by atoms with Gasteiger partial charge in [-0.1, -0.05) is 69.7 Å². The number of Topliss-reactive ketones (excluding diaryl/α,β-unsaturated/α-hetero) is 1. The summed E-state index contributed by atoms with van der Waals surface area (Å²) in [4.78, 5) is 63.2. The van der Waals surface area contributed by atoms with Crippen molar-refractivity contribution in [2.75, 3.05) is 27.4 Å². The van der Waals surface area contributed by atoms with Gasteiger partial charge in [-0.05, 0) is 43.4 Å². The summed E-state index contributed by atoms with van der Waals surface area (Å²) in [5.74, 6) is -5.83. The standard InChI is InChI=1S/C35H54N2O10/c1-4-5-6-9-12-15-27(38)16-13-10-7-8-11-14-17-29(35(45,34(43)44)25-31(40)36-22-23-46-2)32(41)37-30(33(42)47-3)24-26-18-20-28(39)21-19-26/h14,17-21,29-30,39,45H,4-13,15-16,22-25H2,1-3H3,(H,36,40)(H,37,41)(H,43,44)/b17-14+/t29-,30+,35+/m1/s1. The average Bonchev–Trinajstić information content (AvgIpc) is 3.04. The summed E-state index contributed by atoms with van der Waals surface area (Å²) < 4.78 is 9.72. The van der Waals surface area contributed by atoms with Crippen molar-refractivity contribution in [2.45, 2.75) is 108 Å². The molecule has 0 aromatic heterocycles. The summed E-state index contributed by atoms with van der Waals surface area (Å²) >= 11 is 0. The highest BCUT2D eigenvalue weighted by Gasteiger charge is 2.49. The molecule has 3 atom stereocenters. The second kappa shape index (κ2) is 23.5. The number of amides is 2. The molecule has 0 saturated heterocycles. The highest BCUT2D eigenvalue weighted by molar-refractivity contribution is 5.95. The largest absolute Gasteiger partial charge is 0.508 e. The number of ether oxygens (including phenoxy) is 2. The lowest BCUT2D eigenvalue weighted by Crippen LogP contribution is -2.56. The Morgan fingerprint density at radius 3 is 2.11 bits per heavy atom. The number of esters is 1. The van der Waals surface area contributed by atoms with E-state index in [-0.39, 0.29) is 31.1 Å². The van der Waals surface area contributed by atoms with Gasteiger partial charge in [0.15, 0.2) is 5.60 Å². The fraction of sp³-hybridized carbons (Fsp3) is 0.629. The van der Waals surface area contributed by atoms with E-state index in [1.807, 2.05) is 0 Å². The fourth-order valence-corrected chi connectivity index (χ4v) is 5.07. The van der Waals surface area contributed by atoms with Crippen LogP contribution >= 0.6 is 0 Å². The quantitative estimate of drug-likeness (QED) is 0.0551. The van der Waals surface area contributed by atoms with Gasteiger partial charge in [-0.15, -0.1) is 0 Å². The van der Waals surface area contributed by atoms with Gasteiger partial charge in [0.05, 0.1) is 26.1 Å². The maximum Gasteiger partial charge on any atom is 0.337 e. The molecule has 0 aliphatic carbocycles. The van der Waals surface area contributed by atoms with Gasteiger partial charge in [0.25, 0.3) is 0 Å². The first kappa shape index (κ1) is 41.3. The Balaban J connectivity index is 2.96. The van der Waals surface area contributed by atoms with Gasteiger partial charge in [0.2, 0.25) is 11.8 Å². The number of hydrogen-bond acceptors (Lipinski definition) is 9. The zero-order valence-electron chi connectivity index (χ0n) is 28.1. The molecule has 0 bridgehead atoms. The predicted molar refractivity (Wildman–Crippen MR) is 177 cm³/mol. The Morgan fingerprint density at radius 2 is 1.53 bits per heavy atom. The van der Waals surface area contributed by atoms with Crippen molar-refractivity contribution in [2.24, 2.45) is 5.92 Å². The fourth-order valence-electron chi connectivity index (χ4n) is 5.07. The number of aliphatic carboxylic acids is 1. The summed E-state index contributed by atoms with van der Waals surface area (Å²) in [6.45, 7) is 2.38. The monoisotopic (exact) mass is 662 g/mol. The summed E-state index contributed by atoms with van der Waals surface area (Å²) in [6.07, 6.45) is 12.2. The lowest BCUT2D eigenvalue weighted by molar-refractivity contribution is -0.169. The number of carbonyl (C=O) groups is 5. The number of aromatic hydroxyl groups is 1. The number of carbonyl (C=O) groups excluding carboxylic acids is 4. The van der Waals surface area contributed by atoms with Crippen LogP contribution in [0.3, 0.4) is 0 Å². The zero-order valence-corrected chi connectivity index (χ0v) is 28.1. The lowest BCUT2D eigenvalue weighted by Gasteiger charge is -2.30. The number of aliphatic hydroxyl groups is 1. The van der Waals surface area contributed by atoms with E-state index in [1.165, 1.54) is 38.2 Å². The van der Waals surface area contributed by atoms with Crippen LogP contribution in [0.1, 0.15) is 96.0 Å². The maximum atomic E-state index is 13.6. The molecule has 1 aromatic carbocycles. The highest BCUT2D eigenvalue weighted by Crippen LogP contribution is 2.26. The molecule has 5 N–H and O–H groups in total. The van der Waals surface area contributed by atoms with Crippen molar-refractivity contribution < 1.29 is 48.8 Å². The van der Waals surface area contributed by atoms with E-state index < -0.39 is 47.7 Å². The van der Waals surface area contributed by atoms with E-state index in [1.54, 1.807) is 18.2 Å². The van der Waals surface area contributed by atoms with E-state index in [2.05, 4.69) is 17.6 Å². The number of phenolic OH excluding ortho intramolecular Hbond substituents is 1. The van der Waals surface area contributed by atoms with E-state index in [4.69, 9.17) is 9.47 Å². The number of ketones is 1. The third kappa shape index (κ3) is 16.6. The molecule has 0 aliphatic rings. The van der Waals surface area contributed by atoms with Gasteiger partial charge in [0.1, 0.15) is 17.6 Å². The predicted octanol–water partition coefficient (Wildman–Crippen LogP) is 4.00. The molecule has 0 fully saturated rings. The molecule has 1 rings (SSSR count). The Hall–Kier alpha value is -3.77. The smallest absolute Gasteiger partial charge is 0.337 e. The number of carboxylic acids is 1.